The van der Waals surface area contributed by atoms with E-state index in [0.717, 1.165) is 31.0 Å². The molecule has 0 unspecified atom stereocenters. The van der Waals surface area contributed by atoms with Crippen LogP contribution in [0.2, 0.25) is 0 Å². The molecule has 0 fully saturated rings. The van der Waals surface area contributed by atoms with Crippen molar-refractivity contribution in [3.05, 3.63) is 128 Å². The number of aryl methyl sites for hydroxylation is 3. The summed E-state index contributed by atoms with van der Waals surface area (Å²) in [6, 6.07) is 26.7. The lowest BCUT2D eigenvalue weighted by Gasteiger charge is -2.11. The highest BCUT2D eigenvalue weighted by atomic mass is 15.4. The van der Waals surface area contributed by atoms with Crippen molar-refractivity contribution >= 4 is 29.9 Å². The highest BCUT2D eigenvalue weighted by Gasteiger charge is 2.10. The first-order valence-corrected chi connectivity index (χ1v) is 19.2. The molecule has 7 nitrogen and oxygen atoms in total. The number of rotatable bonds is 19. The van der Waals surface area contributed by atoms with Gasteiger partial charge in [-0.05, 0) is 69.0 Å². The Hall–Kier alpha value is -4.78. The van der Waals surface area contributed by atoms with Gasteiger partial charge < -0.3 is 4.90 Å². The standard InChI is InChI=1S/C24H34N4.C13H23N2.C8H11N/c1-4-18-27(5-2)19-12-6-7-13-20-28-21-14-11-17-24(28)22-25-26(3)23-15-9-8-10-16-23;1-4-6-7-8-9-10-15-12-11-14(3)13(15)5-2;1-9(2)8-6-4-3-5-7-8/h4-5,8-11,14-18,21-22H,6-7,12-13,19-20H2,1-3H3;5,11-12H,2,4,6-10H2,1,3H3;3-7H,1-2H3/q+2;+1;/b18-4-,27-5?;;. The second kappa shape index (κ2) is 26.9. The van der Waals surface area contributed by atoms with E-state index in [1.54, 1.807) is 0 Å². The maximum atomic E-state index is 4.60. The van der Waals surface area contributed by atoms with Crippen molar-refractivity contribution < 1.29 is 13.7 Å². The lowest BCUT2D eigenvalue weighted by molar-refractivity contribution is -0.698. The molecule has 0 aliphatic heterocycles. The van der Waals surface area contributed by atoms with Gasteiger partial charge in [0.05, 0.1) is 19.3 Å². The molecule has 0 atom stereocenters. The van der Waals surface area contributed by atoms with E-state index in [4.69, 9.17) is 0 Å². The molecule has 0 aliphatic rings. The fraction of sp³-hybridized carbons (Fsp3) is 0.422. The average molecular weight is 707 g/mol. The van der Waals surface area contributed by atoms with Gasteiger partial charge in [-0.1, -0.05) is 69.2 Å². The van der Waals surface area contributed by atoms with E-state index in [-0.39, 0.29) is 0 Å². The molecule has 2 aromatic carbocycles. The number of unbranched alkanes of at least 4 members (excludes halogenated alkanes) is 7. The van der Waals surface area contributed by atoms with Gasteiger partial charge in [0.25, 0.3) is 5.82 Å². The minimum atomic E-state index is 1.02. The van der Waals surface area contributed by atoms with Gasteiger partial charge in [-0.2, -0.15) is 9.67 Å². The molecule has 0 spiro atoms. The van der Waals surface area contributed by atoms with Gasteiger partial charge in [0.1, 0.15) is 37.9 Å². The molecule has 0 saturated heterocycles. The first-order valence-electron chi connectivity index (χ1n) is 19.2. The van der Waals surface area contributed by atoms with Gasteiger partial charge in [-0.15, -0.1) is 0 Å². The number of anilines is 2. The van der Waals surface area contributed by atoms with E-state index in [1.807, 2.05) is 74.8 Å². The molecule has 0 saturated carbocycles. The van der Waals surface area contributed by atoms with Crippen molar-refractivity contribution in [2.75, 3.05) is 37.6 Å². The number of imidazole rings is 1. The van der Waals surface area contributed by atoms with Crippen LogP contribution in [0.25, 0.3) is 6.08 Å². The van der Waals surface area contributed by atoms with E-state index in [0.29, 0.717) is 0 Å². The topological polar surface area (TPSA) is 34.5 Å². The molecule has 0 radical (unpaired) electrons. The smallest absolute Gasteiger partial charge is 0.280 e. The number of benzene rings is 2. The van der Waals surface area contributed by atoms with E-state index >= 15 is 0 Å². The minimum absolute atomic E-state index is 1.02. The quantitative estimate of drug-likeness (QED) is 0.0422. The minimum Gasteiger partial charge on any atom is -0.378 e. The lowest BCUT2D eigenvalue weighted by atomic mass is 10.1. The summed E-state index contributed by atoms with van der Waals surface area (Å²) in [5.41, 5.74) is 3.46. The Morgan fingerprint density at radius 3 is 2.02 bits per heavy atom. The molecule has 0 amide bonds. The van der Waals surface area contributed by atoms with Gasteiger partial charge in [-0.3, -0.25) is 5.01 Å². The number of allylic oxidation sites excluding steroid dienone is 1. The summed E-state index contributed by atoms with van der Waals surface area (Å²) in [5, 5.41) is 6.50. The number of hydrazone groups is 1. The van der Waals surface area contributed by atoms with Crippen LogP contribution in [0, 0.1) is 0 Å². The monoisotopic (exact) mass is 707 g/mol. The third-order valence-corrected chi connectivity index (χ3v) is 8.79. The average Bonchev–Trinajstić information content (AvgIpc) is 3.54. The van der Waals surface area contributed by atoms with Crippen LogP contribution >= 0.6 is 0 Å². The Morgan fingerprint density at radius 1 is 0.769 bits per heavy atom. The Bertz CT molecular complexity index is 1590. The highest BCUT2D eigenvalue weighted by Crippen LogP contribution is 2.11. The summed E-state index contributed by atoms with van der Waals surface area (Å²) in [4.78, 5) is 2.08. The van der Waals surface area contributed by atoms with Crippen molar-refractivity contribution in [2.45, 2.75) is 91.6 Å². The van der Waals surface area contributed by atoms with Crippen LogP contribution in [0.15, 0.2) is 121 Å². The molecular weight excluding hydrogens is 639 g/mol. The number of para-hydroxylation sites is 2. The first kappa shape index (κ1) is 43.4. The normalized spacial score (nSPS) is 11.2. The molecule has 2 aromatic heterocycles. The summed E-state index contributed by atoms with van der Waals surface area (Å²) < 4.78 is 8.93. The zero-order chi connectivity index (χ0) is 37.8. The van der Waals surface area contributed by atoms with Crippen LogP contribution in [0.5, 0.6) is 0 Å². The second-order valence-electron chi connectivity index (χ2n) is 13.1. The van der Waals surface area contributed by atoms with Gasteiger partial charge in [-0.25, -0.2) is 13.7 Å². The summed E-state index contributed by atoms with van der Waals surface area (Å²) in [5.74, 6) is 1.20. The van der Waals surface area contributed by atoms with Crippen molar-refractivity contribution in [3.63, 3.8) is 0 Å². The number of hydrogen-bond acceptors (Lipinski definition) is 3. The fourth-order valence-electron chi connectivity index (χ4n) is 5.68. The Balaban J connectivity index is 0.000000322. The number of aromatic nitrogens is 3. The van der Waals surface area contributed by atoms with Gasteiger partial charge in [0, 0.05) is 64.8 Å². The SMILES string of the molecule is C=Cc1n(CCCCCCC)cc[n+]1C.CC=[N+](/C=C\C)CCCCCC[n+]1ccccc1/C=N/N(C)c1ccccc1.CN(C)c1ccccc1. The van der Waals surface area contributed by atoms with E-state index in [9.17, 15) is 0 Å². The predicted molar refractivity (Wildman–Crippen MR) is 224 cm³/mol. The van der Waals surface area contributed by atoms with Gasteiger partial charge in [0.2, 0.25) is 5.69 Å². The number of hydrogen-bond donors (Lipinski definition) is 0. The van der Waals surface area contributed by atoms with Crippen LogP contribution in [0.3, 0.4) is 0 Å². The van der Waals surface area contributed by atoms with Crippen LogP contribution in [0.4, 0.5) is 11.4 Å². The van der Waals surface area contributed by atoms with E-state index in [1.165, 1.54) is 69.3 Å². The predicted octanol–water partition coefficient (Wildman–Crippen LogP) is 9.32. The fourth-order valence-corrected chi connectivity index (χ4v) is 5.68. The molecular formula is C45H68N7+3. The second-order valence-corrected chi connectivity index (χ2v) is 13.1. The number of pyridine rings is 1. The van der Waals surface area contributed by atoms with Crippen LogP contribution < -0.4 is 19.0 Å². The van der Waals surface area contributed by atoms with Crippen molar-refractivity contribution in [3.8, 4) is 0 Å². The Labute approximate surface area is 316 Å². The number of nitrogens with zero attached hydrogens (tertiary/aromatic N) is 7. The van der Waals surface area contributed by atoms with Crippen molar-refractivity contribution in [2.24, 2.45) is 12.1 Å². The third-order valence-electron chi connectivity index (χ3n) is 8.79. The summed E-state index contributed by atoms with van der Waals surface area (Å²) in [6.45, 7) is 13.5. The molecule has 0 bridgehead atoms. The van der Waals surface area contributed by atoms with Crippen molar-refractivity contribution in [1.82, 2.24) is 4.57 Å². The zero-order valence-corrected chi connectivity index (χ0v) is 33.4. The molecule has 4 aromatic rings. The first-order chi connectivity index (χ1) is 25.3. The van der Waals surface area contributed by atoms with Crippen LogP contribution in [-0.4, -0.2) is 49.3 Å². The molecule has 4 rings (SSSR count). The van der Waals surface area contributed by atoms with E-state index in [2.05, 4.69) is 142 Å². The van der Waals surface area contributed by atoms with Gasteiger partial charge >= 0.3 is 0 Å². The molecule has 280 valence electrons. The summed E-state index contributed by atoms with van der Waals surface area (Å²) in [7, 11) is 8.11. The summed E-state index contributed by atoms with van der Waals surface area (Å²) >= 11 is 0. The highest BCUT2D eigenvalue weighted by molar-refractivity contribution is 5.76. The maximum Gasteiger partial charge on any atom is 0.280 e. The molecule has 52 heavy (non-hydrogen) atoms. The molecule has 0 aliphatic carbocycles. The molecule has 7 heteroatoms. The Kier molecular flexibility index (Phi) is 22.5. The van der Waals surface area contributed by atoms with E-state index < -0.39 is 0 Å². The molecule has 0 N–H and O–H groups in total. The zero-order valence-electron chi connectivity index (χ0n) is 33.4. The molecule has 2 heterocycles. The van der Waals surface area contributed by atoms with Gasteiger partial charge in [0.15, 0.2) is 12.4 Å². The van der Waals surface area contributed by atoms with Crippen LogP contribution in [0.1, 0.15) is 90.1 Å². The maximum absolute atomic E-state index is 4.60. The van der Waals surface area contributed by atoms with Crippen LogP contribution in [-0.2, 0) is 20.1 Å². The van der Waals surface area contributed by atoms with Crippen molar-refractivity contribution in [1.29, 1.82) is 0 Å². The largest absolute Gasteiger partial charge is 0.378 e. The Morgan fingerprint density at radius 2 is 1.40 bits per heavy atom. The summed E-state index contributed by atoms with van der Waals surface area (Å²) in [6.07, 6.45) is 28.2. The lowest BCUT2D eigenvalue weighted by Crippen LogP contribution is -2.38. The third kappa shape index (κ3) is 17.4.